The summed E-state index contributed by atoms with van der Waals surface area (Å²) in [4.78, 5) is 30.1. The number of nitrogens with zero attached hydrogens (tertiary/aromatic N) is 2. The zero-order valence-electron chi connectivity index (χ0n) is 13.4. The molecule has 1 unspecified atom stereocenters. The van der Waals surface area contributed by atoms with Crippen molar-refractivity contribution in [2.24, 2.45) is 11.1 Å². The number of hydrogen-bond acceptors (Lipinski definition) is 5. The highest BCUT2D eigenvalue weighted by Crippen LogP contribution is 2.42. The lowest BCUT2D eigenvalue weighted by Gasteiger charge is -2.36. The van der Waals surface area contributed by atoms with E-state index in [1.54, 1.807) is 13.8 Å². The van der Waals surface area contributed by atoms with Crippen molar-refractivity contribution in [2.75, 3.05) is 6.61 Å². The number of hydrogen-bond donors (Lipinski definition) is 1. The molecule has 1 N–H and O–H groups in total. The first-order chi connectivity index (χ1) is 10.9. The Hall–Kier alpha value is -1.44. The molecule has 1 amide bonds. The molecular formula is C15H22N2O5S. The highest BCUT2D eigenvalue weighted by Gasteiger charge is 2.67. The number of fused-ring (bicyclic) bond motifs is 1. The van der Waals surface area contributed by atoms with Gasteiger partial charge in [-0.05, 0) is 32.6 Å². The second-order valence-electron chi connectivity index (χ2n) is 6.98. The van der Waals surface area contributed by atoms with Crippen LogP contribution >= 0.6 is 0 Å². The standard InChI is InChI=1S/C15H22N2O5S/c1-15(2)11(14(19)20)17-12(18)10(13(17)23(15)21)16-22-8-9-6-4-3-5-7-9/h9,11,13H,3-8H2,1-2H3,(H,19,20)/b16-10+/t11-,13+,23?/m0/s1. The van der Waals surface area contributed by atoms with Crippen LogP contribution in [-0.4, -0.2) is 54.6 Å². The summed E-state index contributed by atoms with van der Waals surface area (Å²) in [5.74, 6) is -1.16. The van der Waals surface area contributed by atoms with E-state index in [1.807, 2.05) is 0 Å². The molecule has 2 heterocycles. The van der Waals surface area contributed by atoms with Crippen molar-refractivity contribution < 1.29 is 23.7 Å². The SMILES string of the molecule is CC1(C)[C@H](C(=O)O)N2C(=O)/C(=N\OCC3CCCCC3)[C@H]2S1=O. The summed E-state index contributed by atoms with van der Waals surface area (Å²) in [5, 5.41) is 12.5. The van der Waals surface area contributed by atoms with E-state index in [2.05, 4.69) is 5.16 Å². The van der Waals surface area contributed by atoms with E-state index < -0.39 is 38.8 Å². The fourth-order valence-corrected chi connectivity index (χ4v) is 5.45. The number of β-lactam (4-membered cyclic amide) rings is 1. The Morgan fingerprint density at radius 3 is 2.65 bits per heavy atom. The molecule has 3 atom stereocenters. The van der Waals surface area contributed by atoms with Gasteiger partial charge in [0.1, 0.15) is 12.6 Å². The fourth-order valence-electron chi connectivity index (χ4n) is 3.67. The Morgan fingerprint density at radius 1 is 1.39 bits per heavy atom. The predicted molar refractivity (Wildman–Crippen MR) is 84.2 cm³/mol. The Balaban J connectivity index is 1.69. The summed E-state index contributed by atoms with van der Waals surface area (Å²) in [6.07, 6.45) is 5.85. The molecule has 3 aliphatic rings. The third-order valence-electron chi connectivity index (χ3n) is 5.03. The molecule has 0 radical (unpaired) electrons. The summed E-state index contributed by atoms with van der Waals surface area (Å²) < 4.78 is 11.5. The van der Waals surface area contributed by atoms with Gasteiger partial charge in [-0.3, -0.25) is 9.00 Å². The monoisotopic (exact) mass is 342 g/mol. The summed E-state index contributed by atoms with van der Waals surface area (Å²) >= 11 is 0. The molecule has 3 rings (SSSR count). The topological polar surface area (TPSA) is 96.3 Å². The van der Waals surface area contributed by atoms with Crippen molar-refractivity contribution in [2.45, 2.75) is 62.1 Å². The van der Waals surface area contributed by atoms with Crippen molar-refractivity contribution in [3.05, 3.63) is 0 Å². The van der Waals surface area contributed by atoms with E-state index in [1.165, 1.54) is 24.2 Å². The maximum Gasteiger partial charge on any atom is 0.328 e. The van der Waals surface area contributed by atoms with Gasteiger partial charge in [-0.15, -0.1) is 0 Å². The van der Waals surface area contributed by atoms with Crippen LogP contribution in [0.15, 0.2) is 5.16 Å². The van der Waals surface area contributed by atoms with Crippen LogP contribution in [0.4, 0.5) is 0 Å². The third-order valence-corrected chi connectivity index (χ3v) is 7.15. The molecule has 2 saturated heterocycles. The maximum atomic E-state index is 12.5. The molecule has 0 aromatic rings. The summed E-state index contributed by atoms with van der Waals surface area (Å²) in [6.45, 7) is 3.67. The van der Waals surface area contributed by atoms with Gasteiger partial charge in [0.15, 0.2) is 11.1 Å². The number of rotatable bonds is 4. The molecule has 0 bridgehead atoms. The van der Waals surface area contributed by atoms with Crippen molar-refractivity contribution in [3.8, 4) is 0 Å². The molecular weight excluding hydrogens is 320 g/mol. The van der Waals surface area contributed by atoms with Gasteiger partial charge in [0.05, 0.1) is 15.5 Å². The van der Waals surface area contributed by atoms with Crippen molar-refractivity contribution >= 4 is 28.4 Å². The minimum Gasteiger partial charge on any atom is -0.480 e. The van der Waals surface area contributed by atoms with Gasteiger partial charge < -0.3 is 14.8 Å². The number of amides is 1. The van der Waals surface area contributed by atoms with E-state index in [0.29, 0.717) is 12.5 Å². The summed E-state index contributed by atoms with van der Waals surface area (Å²) in [6, 6.07) is -1.09. The molecule has 0 aromatic carbocycles. The van der Waals surface area contributed by atoms with Gasteiger partial charge in [0.25, 0.3) is 5.91 Å². The first-order valence-corrected chi connectivity index (χ1v) is 9.23. The Labute approximate surface area is 137 Å². The summed E-state index contributed by atoms with van der Waals surface area (Å²) in [5.41, 5.74) is 0.0935. The van der Waals surface area contributed by atoms with Crippen molar-refractivity contribution in [1.29, 1.82) is 0 Å². The molecule has 7 nitrogen and oxygen atoms in total. The van der Waals surface area contributed by atoms with Crippen LogP contribution in [0.3, 0.4) is 0 Å². The van der Waals surface area contributed by atoms with E-state index >= 15 is 0 Å². The first kappa shape index (κ1) is 16.4. The van der Waals surface area contributed by atoms with Gasteiger partial charge in [0, 0.05) is 0 Å². The molecule has 8 heteroatoms. The molecule has 128 valence electrons. The minimum atomic E-state index is -1.52. The number of carboxylic acid groups (broad SMARTS) is 1. The smallest absolute Gasteiger partial charge is 0.328 e. The van der Waals surface area contributed by atoms with Gasteiger partial charge in [0.2, 0.25) is 0 Å². The largest absolute Gasteiger partial charge is 0.480 e. The molecule has 2 aliphatic heterocycles. The lowest BCUT2D eigenvalue weighted by atomic mass is 9.90. The molecule has 1 saturated carbocycles. The highest BCUT2D eigenvalue weighted by molar-refractivity contribution is 7.88. The fraction of sp³-hybridized carbons (Fsp3) is 0.800. The number of carbonyl (C=O) groups excluding carboxylic acids is 1. The zero-order chi connectivity index (χ0) is 16.8. The van der Waals surface area contributed by atoms with E-state index in [4.69, 9.17) is 4.84 Å². The van der Waals surface area contributed by atoms with Crippen LogP contribution < -0.4 is 0 Å². The second kappa shape index (κ2) is 5.89. The van der Waals surface area contributed by atoms with Crippen LogP contribution in [-0.2, 0) is 25.2 Å². The molecule has 23 heavy (non-hydrogen) atoms. The number of carbonyl (C=O) groups is 2. The van der Waals surface area contributed by atoms with Crippen LogP contribution in [0.2, 0.25) is 0 Å². The third kappa shape index (κ3) is 2.56. The predicted octanol–water partition coefficient (Wildman–Crippen LogP) is 1.10. The molecule has 1 aliphatic carbocycles. The van der Waals surface area contributed by atoms with Crippen LogP contribution in [0.1, 0.15) is 46.0 Å². The van der Waals surface area contributed by atoms with Gasteiger partial charge in [-0.2, -0.15) is 0 Å². The van der Waals surface area contributed by atoms with Crippen LogP contribution in [0.25, 0.3) is 0 Å². The van der Waals surface area contributed by atoms with E-state index in [0.717, 1.165) is 12.8 Å². The normalized spacial score (nSPS) is 35.0. The number of carboxylic acids is 1. The number of oxime groups is 1. The Morgan fingerprint density at radius 2 is 2.04 bits per heavy atom. The minimum absolute atomic E-state index is 0.0935. The quantitative estimate of drug-likeness (QED) is 0.610. The van der Waals surface area contributed by atoms with Crippen LogP contribution in [0, 0.1) is 5.92 Å². The van der Waals surface area contributed by atoms with Gasteiger partial charge in [-0.25, -0.2) is 4.79 Å². The molecule has 3 fully saturated rings. The van der Waals surface area contributed by atoms with E-state index in [-0.39, 0.29) is 5.71 Å². The highest BCUT2D eigenvalue weighted by atomic mass is 32.2. The maximum absolute atomic E-state index is 12.5. The average molecular weight is 342 g/mol. The molecule has 0 aromatic heterocycles. The lowest BCUT2D eigenvalue weighted by molar-refractivity contribution is -0.150. The Kier molecular flexibility index (Phi) is 4.20. The van der Waals surface area contributed by atoms with Gasteiger partial charge in [-0.1, -0.05) is 24.4 Å². The van der Waals surface area contributed by atoms with Crippen LogP contribution in [0.5, 0.6) is 0 Å². The van der Waals surface area contributed by atoms with Crippen molar-refractivity contribution in [1.82, 2.24) is 4.90 Å². The average Bonchev–Trinajstić information content (AvgIpc) is 2.70. The summed E-state index contributed by atoms with van der Waals surface area (Å²) in [7, 11) is -1.52. The van der Waals surface area contributed by atoms with E-state index in [9.17, 15) is 18.9 Å². The first-order valence-electron chi connectivity index (χ1n) is 8.01. The zero-order valence-corrected chi connectivity index (χ0v) is 14.2. The van der Waals surface area contributed by atoms with Crippen molar-refractivity contribution in [3.63, 3.8) is 0 Å². The molecule has 0 spiro atoms. The lowest BCUT2D eigenvalue weighted by Crippen LogP contribution is -2.64. The second-order valence-corrected chi connectivity index (χ2v) is 9.08. The Bertz CT molecular complexity index is 582. The van der Waals surface area contributed by atoms with Gasteiger partial charge >= 0.3 is 5.97 Å². The number of aliphatic carboxylic acids is 1.